The Morgan fingerprint density at radius 3 is 2.81 bits per heavy atom. The van der Waals surface area contributed by atoms with E-state index in [0.717, 1.165) is 37.3 Å². The average Bonchev–Trinajstić information content (AvgIpc) is 3.01. The summed E-state index contributed by atoms with van der Waals surface area (Å²) in [6, 6.07) is 7.89. The molecule has 1 heterocycles. The lowest BCUT2D eigenvalue weighted by atomic mass is 10.1. The number of benzene rings is 1. The van der Waals surface area contributed by atoms with Crippen molar-refractivity contribution in [3.63, 3.8) is 0 Å². The Morgan fingerprint density at radius 2 is 2.19 bits per heavy atom. The van der Waals surface area contributed by atoms with Crippen LogP contribution in [0.15, 0.2) is 24.3 Å². The van der Waals surface area contributed by atoms with Crippen molar-refractivity contribution < 1.29 is 9.53 Å². The van der Waals surface area contributed by atoms with E-state index >= 15 is 0 Å². The van der Waals surface area contributed by atoms with Gasteiger partial charge in [-0.3, -0.25) is 0 Å². The maximum Gasteiger partial charge on any atom is 0.319 e. The molecule has 0 saturated carbocycles. The highest BCUT2D eigenvalue weighted by Crippen LogP contribution is 2.16. The monoisotopic (exact) mass is 308 g/mol. The Balaban J connectivity index is 1.78. The molecule has 0 aromatic heterocycles. The third-order valence-electron chi connectivity index (χ3n) is 3.69. The van der Waals surface area contributed by atoms with Gasteiger partial charge in [-0.25, -0.2) is 4.79 Å². The highest BCUT2D eigenvalue weighted by Gasteiger charge is 2.23. The highest BCUT2D eigenvalue weighted by atomic mass is 32.2. The smallest absolute Gasteiger partial charge is 0.319 e. The number of amides is 2. The first-order chi connectivity index (χ1) is 10.2. The van der Waals surface area contributed by atoms with Gasteiger partial charge in [0.1, 0.15) is 0 Å². The van der Waals surface area contributed by atoms with Crippen molar-refractivity contribution >= 4 is 23.5 Å². The zero-order valence-corrected chi connectivity index (χ0v) is 13.5. The van der Waals surface area contributed by atoms with Gasteiger partial charge in [-0.2, -0.15) is 11.8 Å². The van der Waals surface area contributed by atoms with Crippen LogP contribution in [0.5, 0.6) is 0 Å². The molecule has 1 saturated heterocycles. The second-order valence-electron chi connectivity index (χ2n) is 5.38. The van der Waals surface area contributed by atoms with E-state index in [2.05, 4.69) is 29.0 Å². The van der Waals surface area contributed by atoms with E-state index in [1.165, 1.54) is 5.56 Å². The van der Waals surface area contributed by atoms with Crippen LogP contribution in [0, 0.1) is 0 Å². The predicted octanol–water partition coefficient (Wildman–Crippen LogP) is 3.28. The maximum absolute atomic E-state index is 12.0. The van der Waals surface area contributed by atoms with Crippen molar-refractivity contribution in [2.75, 3.05) is 23.9 Å². The summed E-state index contributed by atoms with van der Waals surface area (Å²) < 4.78 is 5.57. The Bertz CT molecular complexity index is 444. The van der Waals surface area contributed by atoms with E-state index in [9.17, 15) is 4.79 Å². The molecule has 1 aliphatic heterocycles. The molecular weight excluding hydrogens is 284 g/mol. The summed E-state index contributed by atoms with van der Waals surface area (Å²) in [7, 11) is 0. The lowest BCUT2D eigenvalue weighted by molar-refractivity contribution is 0.0868. The van der Waals surface area contributed by atoms with Crippen LogP contribution < -0.4 is 10.6 Å². The second-order valence-corrected chi connectivity index (χ2v) is 6.36. The van der Waals surface area contributed by atoms with Crippen molar-refractivity contribution in [3.05, 3.63) is 29.8 Å². The normalized spacial score (nSPS) is 19.2. The molecule has 0 bridgehead atoms. The van der Waals surface area contributed by atoms with E-state index in [-0.39, 0.29) is 18.2 Å². The first kappa shape index (κ1) is 16.2. The van der Waals surface area contributed by atoms with Crippen LogP contribution in [-0.2, 0) is 11.2 Å². The largest absolute Gasteiger partial charge is 0.376 e. The summed E-state index contributed by atoms with van der Waals surface area (Å²) in [5, 5.41) is 5.81. The average molecular weight is 308 g/mol. The molecule has 21 heavy (non-hydrogen) atoms. The zero-order valence-electron chi connectivity index (χ0n) is 12.7. The summed E-state index contributed by atoms with van der Waals surface area (Å²) in [5.74, 6) is 1.12. The fourth-order valence-electron chi connectivity index (χ4n) is 2.44. The van der Waals surface area contributed by atoms with E-state index in [4.69, 9.17) is 4.74 Å². The first-order valence-electron chi connectivity index (χ1n) is 7.46. The van der Waals surface area contributed by atoms with Gasteiger partial charge in [-0.1, -0.05) is 12.1 Å². The third kappa shape index (κ3) is 5.25. The molecule has 0 spiro atoms. The summed E-state index contributed by atoms with van der Waals surface area (Å²) in [4.78, 5) is 12.0. The van der Waals surface area contributed by atoms with Gasteiger partial charge < -0.3 is 15.4 Å². The van der Waals surface area contributed by atoms with E-state index < -0.39 is 0 Å². The molecule has 2 atom stereocenters. The van der Waals surface area contributed by atoms with Crippen molar-refractivity contribution in [2.24, 2.45) is 0 Å². The lowest BCUT2D eigenvalue weighted by Crippen LogP contribution is -2.42. The molecule has 0 unspecified atom stereocenters. The molecule has 2 rings (SSSR count). The van der Waals surface area contributed by atoms with Crippen LogP contribution in [-0.4, -0.2) is 36.8 Å². The Hall–Kier alpha value is -1.20. The standard InChI is InChI=1S/C16H24N2O2S/c1-12(15-4-3-10-20-15)17-16(19)18-14-7-5-13(6-8-14)9-11-21-2/h5-8,12,15H,3-4,9-11H2,1-2H3,(H2,17,18,19)/t12-,15+/m1/s1. The number of ether oxygens (including phenoxy) is 1. The van der Waals surface area contributed by atoms with Crippen LogP contribution >= 0.6 is 11.8 Å². The second kappa shape index (κ2) is 8.29. The molecule has 0 aliphatic carbocycles. The van der Waals surface area contributed by atoms with Gasteiger partial charge in [-0.15, -0.1) is 0 Å². The number of aryl methyl sites for hydroxylation is 1. The molecule has 4 nitrogen and oxygen atoms in total. The van der Waals surface area contributed by atoms with Gasteiger partial charge in [-0.05, 0) is 55.9 Å². The molecular formula is C16H24N2O2S. The number of carbonyl (C=O) groups excluding carboxylic acids is 1. The van der Waals surface area contributed by atoms with Gasteiger partial charge >= 0.3 is 6.03 Å². The molecule has 1 aromatic rings. The summed E-state index contributed by atoms with van der Waals surface area (Å²) in [5.41, 5.74) is 2.11. The molecule has 2 amide bonds. The van der Waals surface area contributed by atoms with Crippen LogP contribution in [0.1, 0.15) is 25.3 Å². The molecule has 5 heteroatoms. The van der Waals surface area contributed by atoms with Crippen molar-refractivity contribution in [1.82, 2.24) is 5.32 Å². The Labute approximate surface area is 131 Å². The number of carbonyl (C=O) groups is 1. The van der Waals surface area contributed by atoms with Gasteiger partial charge in [0.15, 0.2) is 0 Å². The van der Waals surface area contributed by atoms with Crippen molar-refractivity contribution in [3.8, 4) is 0 Å². The summed E-state index contributed by atoms with van der Waals surface area (Å²) in [6.45, 7) is 2.79. The number of urea groups is 1. The van der Waals surface area contributed by atoms with Gasteiger partial charge in [0.25, 0.3) is 0 Å². The van der Waals surface area contributed by atoms with E-state index in [1.54, 1.807) is 0 Å². The quantitative estimate of drug-likeness (QED) is 0.848. The Morgan fingerprint density at radius 1 is 1.43 bits per heavy atom. The van der Waals surface area contributed by atoms with Crippen LogP contribution in [0.25, 0.3) is 0 Å². The van der Waals surface area contributed by atoms with Crippen LogP contribution in [0.3, 0.4) is 0 Å². The summed E-state index contributed by atoms with van der Waals surface area (Å²) in [6.07, 6.45) is 5.41. The van der Waals surface area contributed by atoms with Crippen molar-refractivity contribution in [2.45, 2.75) is 38.3 Å². The fraction of sp³-hybridized carbons (Fsp3) is 0.562. The molecule has 0 radical (unpaired) electrons. The SMILES string of the molecule is CSCCc1ccc(NC(=O)N[C@H](C)[C@@H]2CCCO2)cc1. The lowest BCUT2D eigenvalue weighted by Gasteiger charge is -2.20. The molecule has 1 fully saturated rings. The van der Waals surface area contributed by atoms with Crippen molar-refractivity contribution in [1.29, 1.82) is 0 Å². The number of hydrogen-bond acceptors (Lipinski definition) is 3. The maximum atomic E-state index is 12.0. The van der Waals surface area contributed by atoms with Gasteiger partial charge in [0.2, 0.25) is 0 Å². The Kier molecular flexibility index (Phi) is 6.39. The predicted molar refractivity (Wildman–Crippen MR) is 89.1 cm³/mol. The fourth-order valence-corrected chi connectivity index (χ4v) is 2.88. The number of hydrogen-bond donors (Lipinski definition) is 2. The van der Waals surface area contributed by atoms with E-state index in [1.807, 2.05) is 30.8 Å². The minimum Gasteiger partial charge on any atom is -0.376 e. The van der Waals surface area contributed by atoms with Crippen LogP contribution in [0.4, 0.5) is 10.5 Å². The molecule has 2 N–H and O–H groups in total. The molecule has 1 aliphatic rings. The molecule has 116 valence electrons. The number of nitrogens with one attached hydrogen (secondary N) is 2. The minimum absolute atomic E-state index is 0.0355. The topological polar surface area (TPSA) is 50.4 Å². The number of thioether (sulfide) groups is 1. The zero-order chi connectivity index (χ0) is 15.1. The number of anilines is 1. The van der Waals surface area contributed by atoms with Crippen LogP contribution in [0.2, 0.25) is 0 Å². The minimum atomic E-state index is -0.171. The molecule has 1 aromatic carbocycles. The van der Waals surface area contributed by atoms with Gasteiger partial charge in [0.05, 0.1) is 12.1 Å². The third-order valence-corrected chi connectivity index (χ3v) is 4.30. The first-order valence-corrected chi connectivity index (χ1v) is 8.85. The van der Waals surface area contributed by atoms with E-state index in [0.29, 0.717) is 0 Å². The van der Waals surface area contributed by atoms with Gasteiger partial charge in [0, 0.05) is 12.3 Å². The highest BCUT2D eigenvalue weighted by molar-refractivity contribution is 7.98. The summed E-state index contributed by atoms with van der Waals surface area (Å²) >= 11 is 1.84. The number of rotatable bonds is 6.